The molecule has 0 atom stereocenters. The van der Waals surface area contributed by atoms with Crippen LogP contribution < -0.4 is 5.43 Å². The van der Waals surface area contributed by atoms with Crippen LogP contribution in [0.2, 0.25) is 5.02 Å². The minimum absolute atomic E-state index is 0.00248. The molecule has 0 radical (unpaired) electrons. The van der Waals surface area contributed by atoms with Crippen LogP contribution in [0.3, 0.4) is 0 Å². The van der Waals surface area contributed by atoms with Gasteiger partial charge in [-0.1, -0.05) is 35.9 Å². The number of furan rings is 1. The molecular formula is C23H18ClNO4. The monoisotopic (exact) mass is 407 g/mol. The summed E-state index contributed by atoms with van der Waals surface area (Å²) in [6.07, 6.45) is 1.56. The molecule has 0 saturated carbocycles. The summed E-state index contributed by atoms with van der Waals surface area (Å²) in [7, 11) is 0. The maximum atomic E-state index is 13.3. The highest BCUT2D eigenvalue weighted by Crippen LogP contribution is 2.20. The Balaban J connectivity index is 1.72. The van der Waals surface area contributed by atoms with Gasteiger partial charge in [-0.2, -0.15) is 0 Å². The SMILES string of the molecule is Cc1cccc2c(=O)cc(C(=O)N(Cc3ccc(Cl)cc3)Cc3ccco3)oc12. The highest BCUT2D eigenvalue weighted by atomic mass is 35.5. The van der Waals surface area contributed by atoms with Crippen molar-refractivity contribution >= 4 is 28.5 Å². The van der Waals surface area contributed by atoms with Gasteiger partial charge in [0.25, 0.3) is 5.91 Å². The molecule has 4 aromatic rings. The summed E-state index contributed by atoms with van der Waals surface area (Å²) in [5.74, 6) is 0.238. The lowest BCUT2D eigenvalue weighted by atomic mass is 10.1. The number of nitrogens with zero attached hydrogens (tertiary/aromatic N) is 1. The zero-order chi connectivity index (χ0) is 20.4. The maximum absolute atomic E-state index is 13.3. The largest absolute Gasteiger partial charge is 0.467 e. The lowest BCUT2D eigenvalue weighted by Crippen LogP contribution is -2.30. The van der Waals surface area contributed by atoms with Gasteiger partial charge in [0.1, 0.15) is 11.3 Å². The molecule has 0 fully saturated rings. The topological polar surface area (TPSA) is 63.7 Å². The Morgan fingerprint density at radius 1 is 1.03 bits per heavy atom. The van der Waals surface area contributed by atoms with Gasteiger partial charge in [0.05, 0.1) is 18.2 Å². The first-order valence-corrected chi connectivity index (χ1v) is 9.48. The summed E-state index contributed by atoms with van der Waals surface area (Å²) in [5.41, 5.74) is 1.87. The van der Waals surface area contributed by atoms with E-state index < -0.39 is 5.91 Å². The molecule has 0 N–H and O–H groups in total. The third-order valence-corrected chi connectivity index (χ3v) is 4.92. The van der Waals surface area contributed by atoms with Crippen LogP contribution in [0.25, 0.3) is 11.0 Å². The predicted octanol–water partition coefficient (Wildman–Crippen LogP) is 5.19. The molecule has 146 valence electrons. The van der Waals surface area contributed by atoms with E-state index >= 15 is 0 Å². The van der Waals surface area contributed by atoms with Gasteiger partial charge >= 0.3 is 0 Å². The van der Waals surface area contributed by atoms with E-state index in [-0.39, 0.29) is 17.7 Å². The molecule has 0 saturated heterocycles. The van der Waals surface area contributed by atoms with Gasteiger partial charge in [0.2, 0.25) is 0 Å². The fourth-order valence-electron chi connectivity index (χ4n) is 3.18. The summed E-state index contributed by atoms with van der Waals surface area (Å²) in [5, 5.41) is 1.07. The minimum atomic E-state index is -0.390. The first-order valence-electron chi connectivity index (χ1n) is 9.11. The molecule has 2 aromatic heterocycles. The second-order valence-corrected chi connectivity index (χ2v) is 7.23. The molecule has 0 aliphatic rings. The molecule has 2 aromatic carbocycles. The molecule has 5 nitrogen and oxygen atoms in total. The van der Waals surface area contributed by atoms with Gasteiger partial charge in [-0.3, -0.25) is 9.59 Å². The fourth-order valence-corrected chi connectivity index (χ4v) is 3.31. The number of hydrogen-bond acceptors (Lipinski definition) is 4. The Bertz CT molecular complexity index is 1210. The highest BCUT2D eigenvalue weighted by molar-refractivity contribution is 6.30. The van der Waals surface area contributed by atoms with E-state index in [1.807, 2.05) is 25.1 Å². The van der Waals surface area contributed by atoms with E-state index in [0.29, 0.717) is 28.3 Å². The quantitative estimate of drug-likeness (QED) is 0.456. The molecule has 4 rings (SSSR count). The van der Waals surface area contributed by atoms with Crippen molar-refractivity contribution in [1.82, 2.24) is 4.90 Å². The van der Waals surface area contributed by atoms with Crippen LogP contribution in [0.4, 0.5) is 0 Å². The molecule has 1 amide bonds. The van der Waals surface area contributed by atoms with Crippen molar-refractivity contribution < 1.29 is 13.6 Å². The van der Waals surface area contributed by atoms with Gasteiger partial charge < -0.3 is 13.7 Å². The second kappa shape index (κ2) is 7.97. The first-order chi connectivity index (χ1) is 14.0. The number of halogens is 1. The van der Waals surface area contributed by atoms with Gasteiger partial charge in [0, 0.05) is 17.6 Å². The summed E-state index contributed by atoms with van der Waals surface area (Å²) < 4.78 is 11.3. The van der Waals surface area contributed by atoms with Crippen LogP contribution in [0.5, 0.6) is 0 Å². The van der Waals surface area contributed by atoms with Crippen molar-refractivity contribution in [2.24, 2.45) is 0 Å². The molecule has 6 heteroatoms. The summed E-state index contributed by atoms with van der Waals surface area (Å²) in [6.45, 7) is 2.39. The average molecular weight is 408 g/mol. The number of aryl methyl sites for hydroxylation is 1. The Kier molecular flexibility index (Phi) is 5.23. The first kappa shape index (κ1) is 19.0. The van der Waals surface area contributed by atoms with Crippen molar-refractivity contribution in [2.75, 3.05) is 0 Å². The normalized spacial score (nSPS) is 11.0. The third-order valence-electron chi connectivity index (χ3n) is 4.66. The Morgan fingerprint density at radius 3 is 2.55 bits per heavy atom. The average Bonchev–Trinajstić information content (AvgIpc) is 3.22. The van der Waals surface area contributed by atoms with Gasteiger partial charge in [0.15, 0.2) is 11.2 Å². The Hall–Kier alpha value is -3.31. The second-order valence-electron chi connectivity index (χ2n) is 6.79. The zero-order valence-electron chi connectivity index (χ0n) is 15.7. The number of fused-ring (bicyclic) bond motifs is 1. The molecule has 0 spiro atoms. The number of rotatable bonds is 5. The van der Waals surface area contributed by atoms with E-state index in [4.69, 9.17) is 20.4 Å². The molecule has 0 bridgehead atoms. The smallest absolute Gasteiger partial charge is 0.290 e. The molecule has 2 heterocycles. The zero-order valence-corrected chi connectivity index (χ0v) is 16.5. The van der Waals surface area contributed by atoms with Crippen LogP contribution in [0.15, 0.2) is 80.6 Å². The van der Waals surface area contributed by atoms with Crippen LogP contribution in [-0.2, 0) is 13.1 Å². The van der Waals surface area contributed by atoms with E-state index in [0.717, 1.165) is 11.1 Å². The third kappa shape index (κ3) is 4.10. The van der Waals surface area contributed by atoms with Crippen LogP contribution in [-0.4, -0.2) is 10.8 Å². The van der Waals surface area contributed by atoms with E-state index in [2.05, 4.69) is 0 Å². The summed E-state index contributed by atoms with van der Waals surface area (Å²) in [6, 6.07) is 17.4. The lowest BCUT2D eigenvalue weighted by molar-refractivity contribution is 0.0686. The number of para-hydroxylation sites is 1. The predicted molar refractivity (Wildman–Crippen MR) is 111 cm³/mol. The van der Waals surface area contributed by atoms with Gasteiger partial charge in [-0.15, -0.1) is 0 Å². The van der Waals surface area contributed by atoms with E-state index in [1.165, 1.54) is 6.07 Å². The maximum Gasteiger partial charge on any atom is 0.290 e. The summed E-state index contributed by atoms with van der Waals surface area (Å²) >= 11 is 5.96. The van der Waals surface area contributed by atoms with Crippen LogP contribution in [0, 0.1) is 6.92 Å². The molecule has 29 heavy (non-hydrogen) atoms. The highest BCUT2D eigenvalue weighted by Gasteiger charge is 2.22. The van der Waals surface area contributed by atoms with Crippen molar-refractivity contribution in [3.63, 3.8) is 0 Å². The van der Waals surface area contributed by atoms with Crippen LogP contribution >= 0.6 is 11.6 Å². The number of amides is 1. The van der Waals surface area contributed by atoms with Crippen molar-refractivity contribution in [3.8, 4) is 0 Å². The van der Waals surface area contributed by atoms with Crippen LogP contribution in [0.1, 0.15) is 27.4 Å². The summed E-state index contributed by atoms with van der Waals surface area (Å²) in [4.78, 5) is 27.4. The fraction of sp³-hybridized carbons (Fsp3) is 0.130. The molecular weight excluding hydrogens is 390 g/mol. The van der Waals surface area contributed by atoms with Gasteiger partial charge in [-0.05, 0) is 48.4 Å². The molecule has 0 unspecified atom stereocenters. The van der Waals surface area contributed by atoms with E-state index in [1.54, 1.807) is 47.6 Å². The minimum Gasteiger partial charge on any atom is -0.467 e. The number of benzene rings is 2. The van der Waals surface area contributed by atoms with E-state index in [9.17, 15) is 9.59 Å². The molecule has 0 aliphatic carbocycles. The Morgan fingerprint density at radius 2 is 1.83 bits per heavy atom. The Labute approximate surface area is 172 Å². The van der Waals surface area contributed by atoms with Crippen molar-refractivity contribution in [2.45, 2.75) is 20.0 Å². The molecule has 0 aliphatic heterocycles. The standard InChI is InChI=1S/C23H18ClNO4/c1-15-4-2-6-19-20(26)12-21(29-22(15)19)23(27)25(14-18-5-3-11-28-18)13-16-7-9-17(24)10-8-16/h2-12H,13-14H2,1H3. The number of carbonyl (C=O) groups is 1. The van der Waals surface area contributed by atoms with Crippen molar-refractivity contribution in [1.29, 1.82) is 0 Å². The van der Waals surface area contributed by atoms with Crippen molar-refractivity contribution in [3.05, 3.63) is 105 Å². The van der Waals surface area contributed by atoms with Gasteiger partial charge in [-0.25, -0.2) is 0 Å². The number of carbonyl (C=O) groups excluding carboxylic acids is 1. The number of hydrogen-bond donors (Lipinski definition) is 0. The lowest BCUT2D eigenvalue weighted by Gasteiger charge is -2.21.